The van der Waals surface area contributed by atoms with Crippen LogP contribution in [0.1, 0.15) is 74.8 Å². The van der Waals surface area contributed by atoms with Gasteiger partial charge >= 0.3 is 6.09 Å². The fourth-order valence-corrected chi connectivity index (χ4v) is 6.45. The van der Waals surface area contributed by atoms with Crippen LogP contribution in [-0.2, 0) is 33.6 Å². The number of rotatable bonds is 8. The van der Waals surface area contributed by atoms with E-state index in [1.165, 1.54) is 17.3 Å². The summed E-state index contributed by atoms with van der Waals surface area (Å²) in [5.41, 5.74) is 8.48. The summed E-state index contributed by atoms with van der Waals surface area (Å²) in [6.45, 7) is 6.32. The van der Waals surface area contributed by atoms with E-state index in [-0.39, 0.29) is 43.3 Å². The summed E-state index contributed by atoms with van der Waals surface area (Å²) in [5.74, 6) is -1.34. The molecular weight excluding hydrogens is 563 g/mol. The zero-order chi connectivity index (χ0) is 30.5. The second kappa shape index (κ2) is 11.5. The maximum absolute atomic E-state index is 15.2. The molecule has 2 N–H and O–H groups in total. The Balaban J connectivity index is 1.30. The second-order valence-corrected chi connectivity index (χ2v) is 11.8. The third-order valence-corrected chi connectivity index (χ3v) is 8.56. The van der Waals surface area contributed by atoms with Gasteiger partial charge in [0.2, 0.25) is 0 Å². The number of aryl methyl sites for hydroxylation is 1. The number of hydrogen-bond acceptors (Lipinski definition) is 7. The minimum absolute atomic E-state index is 0.104. The molecule has 0 radical (unpaired) electrons. The van der Waals surface area contributed by atoms with Gasteiger partial charge in [0.15, 0.2) is 5.79 Å². The number of nitrogens with two attached hydrogens (primary N) is 1. The highest BCUT2D eigenvalue weighted by Gasteiger charge is 2.50. The molecule has 12 heteroatoms. The summed E-state index contributed by atoms with van der Waals surface area (Å²) in [7, 11) is 0. The number of amides is 1. The first kappa shape index (κ1) is 29.4. The number of fused-ring (bicyclic) bond motifs is 3. The first-order valence-corrected chi connectivity index (χ1v) is 14.7. The van der Waals surface area contributed by atoms with Crippen LogP contribution in [0.5, 0.6) is 0 Å². The minimum atomic E-state index is -2.95. The highest BCUT2D eigenvalue weighted by atomic mass is 19.3. The number of hydrogen-bond donors (Lipinski definition) is 1. The summed E-state index contributed by atoms with van der Waals surface area (Å²) in [6.07, 6.45) is 3.84. The highest BCUT2D eigenvalue weighted by Crippen LogP contribution is 2.46. The Morgan fingerprint density at radius 2 is 2.05 bits per heavy atom. The molecule has 0 spiro atoms. The predicted octanol–water partition coefficient (Wildman–Crippen LogP) is 6.02. The Labute approximate surface area is 247 Å². The number of aromatic nitrogens is 3. The van der Waals surface area contributed by atoms with Crippen molar-refractivity contribution in [2.45, 2.75) is 89.9 Å². The van der Waals surface area contributed by atoms with Crippen molar-refractivity contribution < 1.29 is 32.2 Å². The van der Waals surface area contributed by atoms with Crippen LogP contribution in [0.4, 0.5) is 23.8 Å². The van der Waals surface area contributed by atoms with Crippen LogP contribution in [0.3, 0.4) is 0 Å². The van der Waals surface area contributed by atoms with Crippen molar-refractivity contribution in [1.29, 1.82) is 0 Å². The van der Waals surface area contributed by atoms with Crippen LogP contribution in [0.2, 0.25) is 0 Å². The van der Waals surface area contributed by atoms with E-state index in [1.54, 1.807) is 0 Å². The smallest absolute Gasteiger partial charge is 0.410 e. The van der Waals surface area contributed by atoms with E-state index < -0.39 is 29.7 Å². The van der Waals surface area contributed by atoms with E-state index in [0.717, 1.165) is 23.8 Å². The van der Waals surface area contributed by atoms with E-state index in [9.17, 15) is 13.6 Å². The van der Waals surface area contributed by atoms with E-state index >= 15 is 4.39 Å². The first-order valence-electron chi connectivity index (χ1n) is 14.7. The maximum atomic E-state index is 15.2. The van der Waals surface area contributed by atoms with Gasteiger partial charge in [-0.2, -0.15) is 0 Å². The molecular formula is C31H36F3N5O4. The van der Waals surface area contributed by atoms with Gasteiger partial charge in [-0.3, -0.25) is 0 Å². The van der Waals surface area contributed by atoms with Crippen LogP contribution in [0.15, 0.2) is 36.3 Å². The highest BCUT2D eigenvalue weighted by molar-refractivity contribution is 5.86. The molecule has 43 heavy (non-hydrogen) atoms. The number of anilines is 1. The van der Waals surface area contributed by atoms with Gasteiger partial charge in [0.05, 0.1) is 23.6 Å². The van der Waals surface area contributed by atoms with Gasteiger partial charge in [0.1, 0.15) is 35.8 Å². The quantitative estimate of drug-likeness (QED) is 0.249. The predicted molar refractivity (Wildman–Crippen MR) is 153 cm³/mol. The fourth-order valence-electron chi connectivity index (χ4n) is 6.45. The molecule has 0 unspecified atom stereocenters. The summed E-state index contributed by atoms with van der Waals surface area (Å²) < 4.78 is 63.1. The lowest BCUT2D eigenvalue weighted by Gasteiger charge is -2.31. The van der Waals surface area contributed by atoms with Crippen molar-refractivity contribution in [3.8, 4) is 0 Å². The van der Waals surface area contributed by atoms with Gasteiger partial charge in [0, 0.05) is 19.3 Å². The Bertz CT molecular complexity index is 1570. The Kier molecular flexibility index (Phi) is 7.84. The first-order chi connectivity index (χ1) is 20.6. The number of halogens is 3. The molecule has 3 aromatic rings. The number of ether oxygens (including phenoxy) is 3. The lowest BCUT2D eigenvalue weighted by molar-refractivity contribution is -0.147. The van der Waals surface area contributed by atoms with E-state index in [2.05, 4.69) is 16.0 Å². The average molecular weight is 600 g/mol. The Morgan fingerprint density at radius 1 is 1.23 bits per heavy atom. The van der Waals surface area contributed by atoms with Crippen molar-refractivity contribution in [2.75, 3.05) is 18.9 Å². The van der Waals surface area contributed by atoms with Crippen LogP contribution >= 0.6 is 0 Å². The molecule has 1 aliphatic carbocycles. The topological polar surface area (TPSA) is 105 Å². The number of alkyl halides is 2. The third-order valence-electron chi connectivity index (χ3n) is 8.56. The molecule has 9 nitrogen and oxygen atoms in total. The summed E-state index contributed by atoms with van der Waals surface area (Å²) in [4.78, 5) is 22.7. The van der Waals surface area contributed by atoms with Crippen LogP contribution in [0, 0.1) is 5.82 Å². The number of carbonyl (C=O) groups is 1. The Hall–Kier alpha value is -3.64. The molecule has 1 aromatic carbocycles. The maximum Gasteiger partial charge on any atom is 0.410 e. The number of carbonyl (C=O) groups excluding carboxylic acids is 1. The molecule has 0 bridgehead atoms. The molecule has 230 valence electrons. The van der Waals surface area contributed by atoms with Gasteiger partial charge in [-0.25, -0.2) is 27.9 Å². The van der Waals surface area contributed by atoms with Crippen molar-refractivity contribution in [2.24, 2.45) is 0 Å². The van der Waals surface area contributed by atoms with Crippen molar-refractivity contribution in [1.82, 2.24) is 19.4 Å². The van der Waals surface area contributed by atoms with Gasteiger partial charge in [0.25, 0.3) is 6.43 Å². The fraction of sp³-hybridized carbons (Fsp3) is 0.516. The molecule has 3 aliphatic rings. The molecule has 1 saturated heterocycles. The zero-order valence-electron chi connectivity index (χ0n) is 24.5. The molecule has 0 saturated carbocycles. The largest absolute Gasteiger partial charge is 0.449 e. The van der Waals surface area contributed by atoms with Crippen molar-refractivity contribution in [3.05, 3.63) is 64.4 Å². The molecule has 2 aliphatic heterocycles. The number of nitrogens with zero attached hydrogens (tertiary/aromatic N) is 4. The normalized spacial score (nSPS) is 22.6. The van der Waals surface area contributed by atoms with E-state index in [4.69, 9.17) is 19.9 Å². The molecule has 4 heterocycles. The van der Waals surface area contributed by atoms with Gasteiger partial charge in [-0.1, -0.05) is 19.4 Å². The third kappa shape index (κ3) is 5.46. The lowest BCUT2D eigenvalue weighted by Crippen LogP contribution is -2.37. The Morgan fingerprint density at radius 3 is 2.81 bits per heavy atom. The van der Waals surface area contributed by atoms with Gasteiger partial charge in [-0.15, -0.1) is 0 Å². The molecule has 2 aromatic heterocycles. The number of nitrogen functional groups attached to an aromatic ring is 1. The second-order valence-electron chi connectivity index (χ2n) is 11.8. The lowest BCUT2D eigenvalue weighted by atomic mass is 9.88. The van der Waals surface area contributed by atoms with Crippen molar-refractivity contribution >= 4 is 22.9 Å². The van der Waals surface area contributed by atoms with Crippen LogP contribution < -0.4 is 5.73 Å². The molecule has 6 rings (SSSR count). The molecule has 1 fully saturated rings. The molecule has 1 amide bonds. The average Bonchev–Trinajstić information content (AvgIpc) is 3.63. The summed E-state index contributed by atoms with van der Waals surface area (Å²) in [5, 5.41) is 0.731. The van der Waals surface area contributed by atoms with E-state index in [0.29, 0.717) is 42.0 Å². The van der Waals surface area contributed by atoms with Crippen molar-refractivity contribution in [3.63, 3.8) is 0 Å². The minimum Gasteiger partial charge on any atom is -0.449 e. The SMILES string of the molecule is CCCCOC(=O)N1CCc2c(F)c(C(F)F)cc(CCC3=C[C@@H](n4ccc5c(N)ncnc54)[C@@H]4OC(C)(C)O[C@H]34)c2C1. The van der Waals surface area contributed by atoms with Crippen LogP contribution in [-0.4, -0.2) is 56.7 Å². The monoisotopic (exact) mass is 599 g/mol. The molecule has 3 atom stereocenters. The standard InChI is InChI=1S/C31H36F3N5O4/c1-4-5-12-41-30(40)38-10-8-19-22(15-38)17(13-21(24(19)32)27(33)34)6-7-18-14-23(26-25(18)42-31(2,3)43-26)39-11-9-20-28(35)36-16-37-29(20)39/h9,11,13-14,16,23,25-27H,4-8,10,12,15H2,1-3H3,(H2,35,36,37)/t23-,25-,26+/m1/s1. The number of unbranched alkanes of at least 4 members (excludes halogenated alkanes) is 1. The van der Waals surface area contributed by atoms with E-state index in [1.807, 2.05) is 37.6 Å². The zero-order valence-corrected chi connectivity index (χ0v) is 24.5. The van der Waals surface area contributed by atoms with Crippen LogP contribution in [0.25, 0.3) is 11.0 Å². The van der Waals surface area contributed by atoms with Gasteiger partial charge in [-0.05, 0) is 73.9 Å². The summed E-state index contributed by atoms with van der Waals surface area (Å²) >= 11 is 0. The van der Waals surface area contributed by atoms with Gasteiger partial charge < -0.3 is 29.4 Å². The number of benzene rings is 1. The summed E-state index contributed by atoms with van der Waals surface area (Å²) in [6, 6.07) is 2.87.